The highest BCUT2D eigenvalue weighted by atomic mass is 16.5. The number of unbranched alkanes of at least 4 members (excludes halogenated alkanes) is 3. The zero-order valence-electron chi connectivity index (χ0n) is 22.4. The summed E-state index contributed by atoms with van der Waals surface area (Å²) in [5.41, 5.74) is 1.26. The van der Waals surface area contributed by atoms with Crippen molar-refractivity contribution in [1.29, 1.82) is 0 Å². The molecule has 2 aromatic carbocycles. The van der Waals surface area contributed by atoms with Gasteiger partial charge in [0.05, 0.1) is 16.8 Å². The van der Waals surface area contributed by atoms with E-state index in [2.05, 4.69) is 17.4 Å². The maximum Gasteiger partial charge on any atom is 0.121 e. The molecule has 5 heteroatoms. The first-order valence-corrected chi connectivity index (χ1v) is 10.6. The van der Waals surface area contributed by atoms with Gasteiger partial charge < -0.3 is 25.4 Å². The van der Waals surface area contributed by atoms with Gasteiger partial charge in [-0.2, -0.15) is 0 Å². The highest BCUT2D eigenvalue weighted by Gasteiger charge is 2.09. The van der Waals surface area contributed by atoms with Crippen LogP contribution in [-0.4, -0.2) is 41.5 Å². The van der Waals surface area contributed by atoms with Crippen LogP contribution >= 0.6 is 0 Å². The Labute approximate surface area is 187 Å². The van der Waals surface area contributed by atoms with Crippen molar-refractivity contribution in [2.75, 3.05) is 26.2 Å². The van der Waals surface area contributed by atoms with E-state index in [1.807, 2.05) is 18.2 Å². The van der Waals surface area contributed by atoms with E-state index in [1.54, 1.807) is 0 Å². The molecular weight excluding hydrogens is 378 g/mol. The third-order valence-electron chi connectivity index (χ3n) is 4.72. The number of rotatable bonds is 16. The molecule has 0 aliphatic rings. The number of nitrogens with one attached hydrogen (secondary N) is 1. The minimum Gasteiger partial charge on any atom is -0.508 e. The van der Waals surface area contributed by atoms with Crippen LogP contribution in [0.1, 0.15) is 68.1 Å². The monoisotopic (exact) mass is 420 g/mol. The van der Waals surface area contributed by atoms with E-state index in [0.717, 1.165) is 19.3 Å². The maximum absolute atomic E-state index is 10.5. The van der Waals surface area contributed by atoms with Crippen LogP contribution in [0.3, 0.4) is 0 Å². The zero-order valence-corrected chi connectivity index (χ0v) is 17.4. The summed E-state index contributed by atoms with van der Waals surface area (Å²) in [6.07, 6.45) is 1.96. The Balaban J connectivity index is 1.65. The van der Waals surface area contributed by atoms with Crippen LogP contribution in [0.2, 0.25) is 0 Å². The van der Waals surface area contributed by atoms with Crippen LogP contribution in [0.4, 0.5) is 0 Å². The molecule has 0 saturated carbocycles. The first-order valence-electron chi connectivity index (χ1n) is 13.1. The number of hydrogen-bond donors (Lipinski definition) is 4. The molecule has 0 fully saturated rings. The summed E-state index contributed by atoms with van der Waals surface area (Å²) < 4.78 is 45.8. The molecule has 1 atom stereocenters. The Hall–Kier alpha value is -1.92. The van der Waals surface area contributed by atoms with E-state index >= 15 is 0 Å². The summed E-state index contributed by atoms with van der Waals surface area (Å²) in [6.45, 7) is -4.16. The second kappa shape index (κ2) is 15.0. The van der Waals surface area contributed by atoms with E-state index < -0.39 is 25.7 Å². The fraction of sp³-hybridized carbons (Fsp3) is 0.520. The first kappa shape index (κ1) is 17.7. The summed E-state index contributed by atoms with van der Waals surface area (Å²) in [5.74, 6) is -0.198. The standard InChI is InChI=1S/C25H37NO4/c27-20-23-18-22(13-14-24(23)28)25(29)19-26-15-7-1-2-8-16-30-17-9-6-12-21-10-4-3-5-11-21/h3-5,10-11,13-14,18,25-29H,1-2,6-9,12,15-17,19-20H2/i16D2,19D2,25D. The predicted octanol–water partition coefficient (Wildman–Crippen LogP) is 4.11. The normalized spacial score (nSPS) is 16.7. The minimum absolute atomic E-state index is 0.0917. The lowest BCUT2D eigenvalue weighted by atomic mass is 10.1. The molecule has 0 aliphatic heterocycles. The van der Waals surface area contributed by atoms with E-state index in [0.29, 0.717) is 25.9 Å². The second-order valence-electron chi connectivity index (χ2n) is 7.15. The maximum atomic E-state index is 10.5. The summed E-state index contributed by atoms with van der Waals surface area (Å²) in [5, 5.41) is 32.0. The van der Waals surface area contributed by atoms with Crippen molar-refractivity contribution in [3.8, 4) is 5.75 Å². The molecule has 166 valence electrons. The lowest BCUT2D eigenvalue weighted by Crippen LogP contribution is -2.22. The van der Waals surface area contributed by atoms with Crippen molar-refractivity contribution in [3.63, 3.8) is 0 Å². The van der Waals surface area contributed by atoms with Crippen LogP contribution in [0.25, 0.3) is 0 Å². The molecule has 0 amide bonds. The molecule has 0 aromatic heterocycles. The molecule has 0 spiro atoms. The van der Waals surface area contributed by atoms with Crippen LogP contribution < -0.4 is 5.32 Å². The molecule has 5 nitrogen and oxygen atoms in total. The highest BCUT2D eigenvalue weighted by molar-refractivity contribution is 5.36. The smallest absolute Gasteiger partial charge is 0.121 e. The number of benzene rings is 2. The van der Waals surface area contributed by atoms with Gasteiger partial charge in [0.25, 0.3) is 0 Å². The van der Waals surface area contributed by atoms with Crippen molar-refractivity contribution >= 4 is 0 Å². The van der Waals surface area contributed by atoms with Gasteiger partial charge in [-0.1, -0.05) is 49.2 Å². The van der Waals surface area contributed by atoms with E-state index in [-0.39, 0.29) is 29.8 Å². The molecule has 0 saturated heterocycles. The van der Waals surface area contributed by atoms with Crippen molar-refractivity contribution in [1.82, 2.24) is 5.32 Å². The summed E-state index contributed by atoms with van der Waals surface area (Å²) in [6, 6.07) is 13.8. The lowest BCUT2D eigenvalue weighted by molar-refractivity contribution is 0.126. The largest absolute Gasteiger partial charge is 0.508 e. The summed E-state index contributed by atoms with van der Waals surface area (Å²) in [4.78, 5) is 0. The van der Waals surface area contributed by atoms with Gasteiger partial charge in [-0.3, -0.25) is 0 Å². The van der Waals surface area contributed by atoms with E-state index in [4.69, 9.17) is 11.6 Å². The highest BCUT2D eigenvalue weighted by Crippen LogP contribution is 2.22. The molecular formula is C25H37NO4. The Morgan fingerprint density at radius 3 is 2.60 bits per heavy atom. The number of phenols is 1. The van der Waals surface area contributed by atoms with Crippen LogP contribution in [0.5, 0.6) is 5.75 Å². The van der Waals surface area contributed by atoms with Crippen LogP contribution in [0, 0.1) is 0 Å². The molecule has 2 rings (SSSR count). The van der Waals surface area contributed by atoms with Crippen molar-refractivity contribution in [2.24, 2.45) is 0 Å². The van der Waals surface area contributed by atoms with Gasteiger partial charge in [-0.25, -0.2) is 0 Å². The van der Waals surface area contributed by atoms with Crippen molar-refractivity contribution < 1.29 is 26.9 Å². The molecule has 2 aromatic rings. The first-order chi connectivity index (χ1) is 16.5. The van der Waals surface area contributed by atoms with Crippen molar-refractivity contribution in [2.45, 2.75) is 57.6 Å². The van der Waals surface area contributed by atoms with E-state index in [9.17, 15) is 15.3 Å². The van der Waals surface area contributed by atoms with Gasteiger partial charge in [0, 0.05) is 28.0 Å². The predicted molar refractivity (Wildman–Crippen MR) is 121 cm³/mol. The van der Waals surface area contributed by atoms with Gasteiger partial charge in [0.1, 0.15) is 5.75 Å². The fourth-order valence-corrected chi connectivity index (χ4v) is 2.96. The van der Waals surface area contributed by atoms with Gasteiger partial charge >= 0.3 is 0 Å². The van der Waals surface area contributed by atoms with Gasteiger partial charge in [0.15, 0.2) is 0 Å². The summed E-state index contributed by atoms with van der Waals surface area (Å²) >= 11 is 0. The third-order valence-corrected chi connectivity index (χ3v) is 4.72. The number of aliphatic hydroxyl groups excluding tert-OH is 1. The quantitative estimate of drug-likeness (QED) is 0.307. The molecule has 30 heavy (non-hydrogen) atoms. The number of aliphatic hydroxyl groups is 2. The second-order valence-corrected chi connectivity index (χ2v) is 7.15. The van der Waals surface area contributed by atoms with Crippen LogP contribution in [-0.2, 0) is 17.8 Å². The number of hydrogen-bond acceptors (Lipinski definition) is 5. The Morgan fingerprint density at radius 2 is 1.80 bits per heavy atom. The fourth-order valence-electron chi connectivity index (χ4n) is 2.96. The zero-order chi connectivity index (χ0) is 26.0. The molecule has 0 aliphatic carbocycles. The molecule has 0 bridgehead atoms. The minimum atomic E-state index is -2.64. The Kier molecular flexibility index (Phi) is 8.85. The van der Waals surface area contributed by atoms with Gasteiger partial charge in [0.2, 0.25) is 0 Å². The average Bonchev–Trinajstić information content (AvgIpc) is 2.81. The average molecular weight is 421 g/mol. The molecule has 0 heterocycles. The molecule has 1 unspecified atom stereocenters. The summed E-state index contributed by atoms with van der Waals surface area (Å²) in [7, 11) is 0. The number of ether oxygens (including phenoxy) is 1. The van der Waals surface area contributed by atoms with E-state index in [1.165, 1.54) is 23.8 Å². The Morgan fingerprint density at radius 1 is 1.00 bits per heavy atom. The van der Waals surface area contributed by atoms with Crippen LogP contribution in [0.15, 0.2) is 48.5 Å². The topological polar surface area (TPSA) is 82.0 Å². The van der Waals surface area contributed by atoms with Crippen molar-refractivity contribution in [3.05, 3.63) is 65.2 Å². The number of aromatic hydroxyl groups is 1. The van der Waals surface area contributed by atoms with Gasteiger partial charge in [-0.15, -0.1) is 0 Å². The SMILES string of the molecule is [2H]C([2H])(CCCCCNC([2H])([2H])C([2H])(O)c1ccc(O)c(CO)c1)OCCCCc1ccccc1. The lowest BCUT2D eigenvalue weighted by Gasteiger charge is -2.14. The molecule has 4 N–H and O–H groups in total. The number of aryl methyl sites for hydroxylation is 1. The third kappa shape index (κ3) is 9.72. The van der Waals surface area contributed by atoms with Gasteiger partial charge in [-0.05, 0) is 61.9 Å². The molecule has 0 radical (unpaired) electrons. The Bertz CT molecular complexity index is 897.